The molecule has 0 aliphatic carbocycles. The van der Waals surface area contributed by atoms with Gasteiger partial charge in [0.2, 0.25) is 10.0 Å². The van der Waals surface area contributed by atoms with E-state index in [4.69, 9.17) is 4.74 Å². The highest BCUT2D eigenvalue weighted by molar-refractivity contribution is 7.89. The van der Waals surface area contributed by atoms with Crippen LogP contribution in [0.1, 0.15) is 23.6 Å². The summed E-state index contributed by atoms with van der Waals surface area (Å²) in [4.78, 5) is 2.46. The van der Waals surface area contributed by atoms with E-state index in [2.05, 4.69) is 17.0 Å². The van der Waals surface area contributed by atoms with Gasteiger partial charge in [0.15, 0.2) is 0 Å². The standard InChI is InChI=1S/C27H30N2O4S/c1-18-6-4-5-7-26(18)34(31,32)29-15-14-22-25(17-30)28(2)24-13-10-20(16-23(24)27(22)29)19-8-11-21(33-3)12-9-19/h4-13,16,22,25,27,30H,14-15,17H2,1-3H3/t22-,25+,27-/m1/s1. The van der Waals surface area contributed by atoms with Gasteiger partial charge < -0.3 is 14.7 Å². The Morgan fingerprint density at radius 3 is 2.41 bits per heavy atom. The van der Waals surface area contributed by atoms with Gasteiger partial charge in [-0.1, -0.05) is 36.4 Å². The van der Waals surface area contributed by atoms with Gasteiger partial charge in [0.1, 0.15) is 5.75 Å². The lowest BCUT2D eigenvalue weighted by atomic mass is 9.81. The van der Waals surface area contributed by atoms with Gasteiger partial charge in [-0.3, -0.25) is 0 Å². The topological polar surface area (TPSA) is 70.1 Å². The predicted molar refractivity (Wildman–Crippen MR) is 134 cm³/mol. The number of sulfonamides is 1. The van der Waals surface area contributed by atoms with Crippen LogP contribution in [0.2, 0.25) is 0 Å². The van der Waals surface area contributed by atoms with Gasteiger partial charge in [0, 0.05) is 25.2 Å². The number of hydrogen-bond acceptors (Lipinski definition) is 5. The fraction of sp³-hybridized carbons (Fsp3) is 0.333. The largest absolute Gasteiger partial charge is 0.497 e. The van der Waals surface area contributed by atoms with E-state index in [1.807, 2.05) is 56.4 Å². The molecular formula is C27H30N2O4S. The van der Waals surface area contributed by atoms with Crippen LogP contribution in [-0.2, 0) is 10.0 Å². The smallest absolute Gasteiger partial charge is 0.243 e. The molecule has 3 atom stereocenters. The van der Waals surface area contributed by atoms with Crippen molar-refractivity contribution in [1.82, 2.24) is 4.31 Å². The minimum absolute atomic E-state index is 0.00686. The van der Waals surface area contributed by atoms with Crippen LogP contribution >= 0.6 is 0 Å². The van der Waals surface area contributed by atoms with Gasteiger partial charge in [0.05, 0.1) is 30.7 Å². The second-order valence-corrected chi connectivity index (χ2v) is 11.0. The summed E-state index contributed by atoms with van der Waals surface area (Å²) in [5, 5.41) is 10.2. The first-order valence-corrected chi connectivity index (χ1v) is 13.0. The monoisotopic (exact) mass is 478 g/mol. The SMILES string of the molecule is COc1ccc(-c2ccc3c(c2)[C@H]2[C@H](CCN2S(=O)(=O)c2ccccc2C)[C@H](CO)N3C)cc1. The molecule has 3 aromatic carbocycles. The summed E-state index contributed by atoms with van der Waals surface area (Å²) in [5.41, 5.74) is 4.75. The summed E-state index contributed by atoms with van der Waals surface area (Å²) >= 11 is 0. The summed E-state index contributed by atoms with van der Waals surface area (Å²) in [5.74, 6) is 0.797. The number of likely N-dealkylation sites (N-methyl/N-ethyl adjacent to an activating group) is 1. The number of methoxy groups -OCH3 is 1. The van der Waals surface area contributed by atoms with Gasteiger partial charge >= 0.3 is 0 Å². The van der Waals surface area contributed by atoms with Crippen LogP contribution in [0.5, 0.6) is 5.75 Å². The summed E-state index contributed by atoms with van der Waals surface area (Å²) < 4.78 is 34.7. The number of nitrogens with zero attached hydrogens (tertiary/aromatic N) is 2. The zero-order chi connectivity index (χ0) is 24.0. The second kappa shape index (κ2) is 8.73. The van der Waals surface area contributed by atoms with Gasteiger partial charge in [-0.25, -0.2) is 8.42 Å². The van der Waals surface area contributed by atoms with E-state index >= 15 is 0 Å². The normalized spacial score (nSPS) is 22.4. The zero-order valence-electron chi connectivity index (χ0n) is 19.7. The van der Waals surface area contributed by atoms with Crippen molar-refractivity contribution in [2.45, 2.75) is 30.3 Å². The van der Waals surface area contributed by atoms with Crippen LogP contribution in [0.4, 0.5) is 5.69 Å². The highest BCUT2D eigenvalue weighted by atomic mass is 32.2. The number of aliphatic hydroxyl groups is 1. The van der Waals surface area contributed by atoms with Crippen molar-refractivity contribution < 1.29 is 18.3 Å². The Bertz CT molecular complexity index is 1310. The molecule has 3 aromatic rings. The van der Waals surface area contributed by atoms with Crippen molar-refractivity contribution in [3.63, 3.8) is 0 Å². The van der Waals surface area contributed by atoms with E-state index in [1.165, 1.54) is 0 Å². The van der Waals surface area contributed by atoms with E-state index in [9.17, 15) is 13.5 Å². The molecule has 1 N–H and O–H groups in total. The van der Waals surface area contributed by atoms with Gasteiger partial charge in [-0.2, -0.15) is 4.31 Å². The van der Waals surface area contributed by atoms with Crippen molar-refractivity contribution in [3.05, 3.63) is 77.9 Å². The first-order chi connectivity index (χ1) is 16.4. The van der Waals surface area contributed by atoms with E-state index < -0.39 is 10.0 Å². The zero-order valence-corrected chi connectivity index (χ0v) is 20.5. The number of rotatable bonds is 5. The Kier molecular flexibility index (Phi) is 5.88. The molecule has 0 spiro atoms. The molecule has 0 unspecified atom stereocenters. The molecule has 7 heteroatoms. The molecule has 5 rings (SSSR count). The maximum Gasteiger partial charge on any atom is 0.243 e. The summed E-state index contributed by atoms with van der Waals surface area (Å²) in [6.07, 6.45) is 0.706. The number of fused-ring (bicyclic) bond motifs is 3. The molecule has 1 saturated heterocycles. The number of aliphatic hydroxyl groups excluding tert-OH is 1. The Balaban J connectivity index is 1.64. The number of ether oxygens (including phenoxy) is 1. The van der Waals surface area contributed by atoms with Crippen molar-refractivity contribution in [1.29, 1.82) is 0 Å². The molecular weight excluding hydrogens is 448 g/mol. The number of benzene rings is 3. The van der Waals surface area contributed by atoms with Crippen molar-refractivity contribution >= 4 is 15.7 Å². The highest BCUT2D eigenvalue weighted by Crippen LogP contribution is 2.51. The van der Waals surface area contributed by atoms with Crippen molar-refractivity contribution in [3.8, 4) is 16.9 Å². The molecule has 178 valence electrons. The van der Waals surface area contributed by atoms with Gasteiger partial charge in [-0.05, 0) is 65.9 Å². The molecule has 34 heavy (non-hydrogen) atoms. The highest BCUT2D eigenvalue weighted by Gasteiger charge is 2.50. The van der Waals surface area contributed by atoms with Crippen LogP contribution in [0.15, 0.2) is 71.6 Å². The van der Waals surface area contributed by atoms with Crippen molar-refractivity contribution in [2.75, 3.05) is 32.2 Å². The molecule has 0 bridgehead atoms. The summed E-state index contributed by atoms with van der Waals surface area (Å²) in [6, 6.07) is 20.8. The maximum atomic E-state index is 13.9. The minimum Gasteiger partial charge on any atom is -0.497 e. The van der Waals surface area contributed by atoms with Crippen LogP contribution in [-0.4, -0.2) is 51.2 Å². The Morgan fingerprint density at radius 2 is 1.74 bits per heavy atom. The van der Waals surface area contributed by atoms with Crippen molar-refractivity contribution in [2.24, 2.45) is 5.92 Å². The van der Waals surface area contributed by atoms with Crippen LogP contribution in [0, 0.1) is 12.8 Å². The molecule has 0 aromatic heterocycles. The molecule has 1 fully saturated rings. The lowest BCUT2D eigenvalue weighted by Gasteiger charge is -2.44. The lowest BCUT2D eigenvalue weighted by Crippen LogP contribution is -2.48. The minimum atomic E-state index is -3.70. The van der Waals surface area contributed by atoms with Gasteiger partial charge in [0.25, 0.3) is 0 Å². The molecule has 2 aliphatic rings. The molecule has 0 saturated carbocycles. The molecule has 0 amide bonds. The molecule has 6 nitrogen and oxygen atoms in total. The third-order valence-corrected chi connectivity index (χ3v) is 9.45. The van der Waals surface area contributed by atoms with Crippen LogP contribution in [0.25, 0.3) is 11.1 Å². The second-order valence-electron chi connectivity index (χ2n) is 9.14. The van der Waals surface area contributed by atoms with Crippen LogP contribution in [0.3, 0.4) is 0 Å². The molecule has 2 aliphatic heterocycles. The Labute approximate surface area is 201 Å². The third kappa shape index (κ3) is 3.59. The van der Waals surface area contributed by atoms with Gasteiger partial charge in [-0.15, -0.1) is 0 Å². The predicted octanol–water partition coefficient (Wildman–Crippen LogP) is 4.23. The first kappa shape index (κ1) is 22.9. The number of hydrogen-bond donors (Lipinski definition) is 1. The Morgan fingerprint density at radius 1 is 1.03 bits per heavy atom. The third-order valence-electron chi connectivity index (χ3n) is 7.41. The first-order valence-electron chi connectivity index (χ1n) is 11.6. The quantitative estimate of drug-likeness (QED) is 0.594. The lowest BCUT2D eigenvalue weighted by molar-refractivity contribution is 0.193. The fourth-order valence-corrected chi connectivity index (χ4v) is 7.51. The Hall–Kier alpha value is -2.87. The maximum absolute atomic E-state index is 13.9. The molecule has 0 radical (unpaired) electrons. The van der Waals surface area contributed by atoms with E-state index in [0.717, 1.165) is 33.7 Å². The summed E-state index contributed by atoms with van der Waals surface area (Å²) in [6.45, 7) is 2.25. The summed E-state index contributed by atoms with van der Waals surface area (Å²) in [7, 11) is -0.0700. The van der Waals surface area contributed by atoms with E-state index in [-0.39, 0.29) is 24.6 Å². The van der Waals surface area contributed by atoms with E-state index in [0.29, 0.717) is 17.9 Å². The van der Waals surface area contributed by atoms with Crippen LogP contribution < -0.4 is 9.64 Å². The average Bonchev–Trinajstić information content (AvgIpc) is 3.30. The number of anilines is 1. The molecule has 2 heterocycles. The average molecular weight is 479 g/mol. The fourth-order valence-electron chi connectivity index (χ4n) is 5.62. The number of aryl methyl sites for hydroxylation is 1. The van der Waals surface area contributed by atoms with E-state index in [1.54, 1.807) is 23.5 Å².